The first kappa shape index (κ1) is 52.7. The number of hydrogen-bond acceptors (Lipinski definition) is 4. The monoisotopic (exact) mass is 833 g/mol. The van der Waals surface area contributed by atoms with Crippen LogP contribution in [0.2, 0.25) is 0 Å². The summed E-state index contributed by atoms with van der Waals surface area (Å²) in [7, 11) is 0. The first-order valence-electron chi connectivity index (χ1n) is 23.3. The molecule has 0 spiro atoms. The molecule has 0 radical (unpaired) electrons. The van der Waals surface area contributed by atoms with Gasteiger partial charge in [0.05, 0.1) is 22.8 Å². The third kappa shape index (κ3) is 25.9. The van der Waals surface area contributed by atoms with Gasteiger partial charge >= 0.3 is 16.5 Å². The van der Waals surface area contributed by atoms with Crippen LogP contribution in [-0.4, -0.2) is 11.4 Å². The summed E-state index contributed by atoms with van der Waals surface area (Å²) in [6, 6.07) is 23.7. The second-order valence-corrected chi connectivity index (χ2v) is 15.8. The molecule has 0 fully saturated rings. The summed E-state index contributed by atoms with van der Waals surface area (Å²) in [5.74, 6) is 6.09. The molecule has 0 bridgehead atoms. The Hall–Kier alpha value is -3.35. The number of hydrogen-bond donors (Lipinski definition) is 0. The Balaban J connectivity index is 0.00000102. The fourth-order valence-electron chi connectivity index (χ4n) is 6.92. The predicted octanol–water partition coefficient (Wildman–Crippen LogP) is 15.5. The van der Waals surface area contributed by atoms with Crippen molar-refractivity contribution >= 4 is 22.8 Å². The zero-order valence-corrected chi connectivity index (χ0v) is 38.0. The number of aliphatic imine (C=N–C) groups is 2. The van der Waals surface area contributed by atoms with E-state index < -0.39 is 0 Å². The summed E-state index contributed by atoms with van der Waals surface area (Å²) >= 11 is 0. The quantitative estimate of drug-likeness (QED) is 0.0302. The predicted molar refractivity (Wildman–Crippen MR) is 246 cm³/mol. The van der Waals surface area contributed by atoms with Crippen molar-refractivity contribution in [2.45, 2.75) is 201 Å². The first-order chi connectivity index (χ1) is 28.0. The molecular formula is C53H78N2NiO2. The molecule has 0 unspecified atom stereocenters. The van der Waals surface area contributed by atoms with Crippen LogP contribution >= 0.6 is 0 Å². The summed E-state index contributed by atoms with van der Waals surface area (Å²) in [6.45, 7) is 8.94. The third-order valence-corrected chi connectivity index (χ3v) is 10.5. The Morgan fingerprint density at radius 2 is 0.931 bits per heavy atom. The van der Waals surface area contributed by atoms with Crippen LogP contribution in [-0.2, 0) is 22.9 Å². The maximum absolute atomic E-state index is 11.3. The molecule has 3 aromatic carbocycles. The van der Waals surface area contributed by atoms with Crippen molar-refractivity contribution in [2.75, 3.05) is 0 Å². The molecule has 0 N–H and O–H groups in total. The number of aryl methyl sites for hydroxylation is 1. The van der Waals surface area contributed by atoms with Gasteiger partial charge in [-0.3, -0.25) is 9.98 Å². The molecule has 3 rings (SSSR count). The average molecular weight is 834 g/mol. The normalized spacial score (nSPS) is 11.3. The Morgan fingerprint density at radius 3 is 1.48 bits per heavy atom. The molecule has 0 atom stereocenters. The summed E-state index contributed by atoms with van der Waals surface area (Å²) < 4.78 is 0. The van der Waals surface area contributed by atoms with Crippen LogP contribution < -0.4 is 10.2 Å². The second-order valence-electron chi connectivity index (χ2n) is 15.8. The standard InChI is InChI=1S/C42H64N2.C11H16O2.Ni/c1-4-7-10-12-14-15-16-17-18-19-20-21-22-25-29-38-34-36-40(37-35-38)44-42(33-28-23-13-11-8-5-2)41(32-9-6-3)43-39-30-26-24-27-31-39;1-2-3-4-6-9-7-5-8-10(12)11(9)13;/h24,26-27,30-31,34-37H,4-23,28,32-33H2,1-3H3;5,7-8,12-13H,2-4,6H2,1H3;/q;;+2/p-2. The molecule has 58 heavy (non-hydrogen) atoms. The summed E-state index contributed by atoms with van der Waals surface area (Å²) in [4.78, 5) is 10.3. The minimum absolute atomic E-state index is 0. The number of rotatable bonds is 29. The Labute approximate surface area is 366 Å². The van der Waals surface area contributed by atoms with Crippen molar-refractivity contribution in [1.82, 2.24) is 0 Å². The van der Waals surface area contributed by atoms with Gasteiger partial charge in [-0.05, 0) is 81.3 Å². The van der Waals surface area contributed by atoms with E-state index in [1.807, 2.05) is 0 Å². The topological polar surface area (TPSA) is 70.8 Å². The van der Waals surface area contributed by atoms with Crippen LogP contribution in [0.5, 0.6) is 11.5 Å². The van der Waals surface area contributed by atoms with E-state index in [1.54, 1.807) is 12.1 Å². The number of para-hydroxylation sites is 2. The minimum atomic E-state index is -0.381. The molecule has 3 aromatic rings. The Kier molecular flexibility index (Phi) is 33.3. The van der Waals surface area contributed by atoms with E-state index >= 15 is 0 Å². The Bertz CT molecular complexity index is 1540. The molecular weight excluding hydrogens is 755 g/mol. The van der Waals surface area contributed by atoms with E-state index in [2.05, 4.69) is 94.1 Å². The molecule has 0 aliphatic rings. The van der Waals surface area contributed by atoms with E-state index in [-0.39, 0.29) is 28.0 Å². The van der Waals surface area contributed by atoms with Crippen LogP contribution in [0.4, 0.5) is 11.4 Å². The van der Waals surface area contributed by atoms with E-state index in [1.165, 1.54) is 122 Å². The first-order valence-corrected chi connectivity index (χ1v) is 23.3. The molecule has 0 saturated heterocycles. The van der Waals surface area contributed by atoms with E-state index in [0.29, 0.717) is 5.56 Å². The van der Waals surface area contributed by atoms with Crippen molar-refractivity contribution in [1.29, 1.82) is 0 Å². The third-order valence-electron chi connectivity index (χ3n) is 10.5. The van der Waals surface area contributed by atoms with Crippen LogP contribution in [0, 0.1) is 11.8 Å². The van der Waals surface area contributed by atoms with E-state index in [0.717, 1.165) is 86.1 Å². The molecule has 0 heterocycles. The maximum atomic E-state index is 11.3. The largest absolute Gasteiger partial charge is 2.00 e. The zero-order valence-electron chi connectivity index (χ0n) is 37.0. The number of unbranched alkanes of at least 4 members (excludes halogenated alkanes) is 20. The van der Waals surface area contributed by atoms with Gasteiger partial charge in [-0.2, -0.15) is 0 Å². The maximum Gasteiger partial charge on any atom is 2.00 e. The number of nitrogens with zero attached hydrogens (tertiary/aromatic N) is 2. The minimum Gasteiger partial charge on any atom is -0.873 e. The zero-order chi connectivity index (χ0) is 41.0. The SMILES string of the molecule is CCCCCCCCCCCCCCC#Cc1ccc(N=C(CCCCCCCC)C(CCCC)=Nc2ccccc2)cc1.CCCCCc1cccc([O-])c1[O-].[Ni+2]. The van der Waals surface area contributed by atoms with Gasteiger partial charge in [-0.15, -0.1) is 11.5 Å². The molecule has 322 valence electrons. The van der Waals surface area contributed by atoms with Crippen molar-refractivity contribution in [3.05, 3.63) is 83.9 Å². The van der Waals surface area contributed by atoms with Crippen LogP contribution in [0.3, 0.4) is 0 Å². The summed E-state index contributed by atoms with van der Waals surface area (Å²) in [6.07, 6.45) is 33.5. The molecule has 0 aromatic heterocycles. The molecule has 4 nitrogen and oxygen atoms in total. The average Bonchev–Trinajstić information content (AvgIpc) is 3.23. The van der Waals surface area contributed by atoms with Crippen LogP contribution in [0.1, 0.15) is 206 Å². The van der Waals surface area contributed by atoms with Gasteiger partial charge in [0.2, 0.25) is 0 Å². The summed E-state index contributed by atoms with van der Waals surface area (Å²) in [5, 5.41) is 22.2. The van der Waals surface area contributed by atoms with Gasteiger partial charge in [0, 0.05) is 12.0 Å². The molecule has 0 saturated carbocycles. The molecule has 0 amide bonds. The molecule has 0 aliphatic carbocycles. The van der Waals surface area contributed by atoms with Crippen LogP contribution in [0.25, 0.3) is 0 Å². The molecule has 0 aliphatic heterocycles. The fourth-order valence-corrected chi connectivity index (χ4v) is 6.92. The van der Waals surface area contributed by atoms with Gasteiger partial charge in [0.15, 0.2) is 0 Å². The summed E-state index contributed by atoms with van der Waals surface area (Å²) in [5.41, 5.74) is 6.09. The van der Waals surface area contributed by atoms with Gasteiger partial charge in [0.1, 0.15) is 0 Å². The second kappa shape index (κ2) is 36.7. The number of benzene rings is 3. The van der Waals surface area contributed by atoms with E-state index in [9.17, 15) is 10.2 Å². The van der Waals surface area contributed by atoms with Crippen molar-refractivity contribution in [2.24, 2.45) is 9.98 Å². The van der Waals surface area contributed by atoms with Gasteiger partial charge in [0.25, 0.3) is 0 Å². The van der Waals surface area contributed by atoms with Crippen LogP contribution in [0.15, 0.2) is 82.8 Å². The van der Waals surface area contributed by atoms with E-state index in [4.69, 9.17) is 9.98 Å². The van der Waals surface area contributed by atoms with Gasteiger partial charge < -0.3 is 10.2 Å². The fraction of sp³-hybridized carbons (Fsp3) is 0.585. The van der Waals surface area contributed by atoms with Gasteiger partial charge in [-0.25, -0.2) is 0 Å². The smallest absolute Gasteiger partial charge is 0.873 e. The van der Waals surface area contributed by atoms with Gasteiger partial charge in [-0.1, -0.05) is 203 Å². The molecule has 5 heteroatoms. The van der Waals surface area contributed by atoms with Crippen molar-refractivity contribution in [3.8, 4) is 23.3 Å². The van der Waals surface area contributed by atoms with Crippen molar-refractivity contribution < 1.29 is 26.7 Å². The van der Waals surface area contributed by atoms with Crippen molar-refractivity contribution in [3.63, 3.8) is 0 Å². The Morgan fingerprint density at radius 1 is 0.466 bits per heavy atom.